The summed E-state index contributed by atoms with van der Waals surface area (Å²) in [5.74, 6) is 0.885. The minimum absolute atomic E-state index is 0.115. The molecule has 21 heavy (non-hydrogen) atoms. The SMILES string of the molecule is NCCCNC(=O)C1CSCN1C(=O)c1ccc(Cl)cc1. The third-order valence-electron chi connectivity index (χ3n) is 3.22. The van der Waals surface area contributed by atoms with E-state index in [4.69, 9.17) is 17.3 Å². The third kappa shape index (κ3) is 4.12. The van der Waals surface area contributed by atoms with Crippen molar-refractivity contribution in [2.24, 2.45) is 5.73 Å². The second-order valence-corrected chi connectivity index (χ2v) is 6.17. The maximum Gasteiger partial charge on any atom is 0.255 e. The maximum absolute atomic E-state index is 12.5. The molecule has 7 heteroatoms. The van der Waals surface area contributed by atoms with Crippen LogP contribution in [0.1, 0.15) is 16.8 Å². The van der Waals surface area contributed by atoms with E-state index in [1.807, 2.05) is 0 Å². The number of hydrogen-bond acceptors (Lipinski definition) is 4. The number of nitrogens with two attached hydrogens (primary N) is 1. The zero-order valence-corrected chi connectivity index (χ0v) is 13.1. The Kier molecular flexibility index (Phi) is 5.90. The average Bonchev–Trinajstić information content (AvgIpc) is 2.97. The van der Waals surface area contributed by atoms with Crippen molar-refractivity contribution in [1.82, 2.24) is 10.2 Å². The van der Waals surface area contributed by atoms with Gasteiger partial charge in [0.15, 0.2) is 0 Å². The summed E-state index contributed by atoms with van der Waals surface area (Å²) in [4.78, 5) is 26.2. The number of nitrogens with zero attached hydrogens (tertiary/aromatic N) is 1. The van der Waals surface area contributed by atoms with Crippen molar-refractivity contribution in [3.05, 3.63) is 34.9 Å². The fourth-order valence-electron chi connectivity index (χ4n) is 2.05. The molecule has 0 aliphatic carbocycles. The van der Waals surface area contributed by atoms with Crippen molar-refractivity contribution in [3.63, 3.8) is 0 Å². The Morgan fingerprint density at radius 3 is 2.76 bits per heavy atom. The van der Waals surface area contributed by atoms with Crippen LogP contribution in [0.15, 0.2) is 24.3 Å². The van der Waals surface area contributed by atoms with Gasteiger partial charge in [-0.3, -0.25) is 9.59 Å². The van der Waals surface area contributed by atoms with Crippen LogP contribution >= 0.6 is 23.4 Å². The van der Waals surface area contributed by atoms with Crippen LogP contribution in [0.2, 0.25) is 5.02 Å². The molecule has 1 heterocycles. The Morgan fingerprint density at radius 2 is 2.10 bits per heavy atom. The Hall–Kier alpha value is -1.24. The van der Waals surface area contributed by atoms with Crippen LogP contribution in [0.4, 0.5) is 0 Å². The van der Waals surface area contributed by atoms with E-state index < -0.39 is 6.04 Å². The number of nitrogens with one attached hydrogen (secondary N) is 1. The predicted octanol–water partition coefficient (Wildman–Crippen LogP) is 1.32. The molecule has 1 saturated heterocycles. The number of amides is 2. The molecule has 5 nitrogen and oxygen atoms in total. The lowest BCUT2D eigenvalue weighted by atomic mass is 10.1. The highest BCUT2D eigenvalue weighted by Gasteiger charge is 2.34. The molecule has 2 rings (SSSR count). The van der Waals surface area contributed by atoms with Crippen molar-refractivity contribution in [3.8, 4) is 0 Å². The molecule has 0 bridgehead atoms. The number of thioether (sulfide) groups is 1. The summed E-state index contributed by atoms with van der Waals surface area (Å²) < 4.78 is 0. The molecule has 3 N–H and O–H groups in total. The van der Waals surface area contributed by atoms with E-state index in [1.54, 1.807) is 40.9 Å². The molecule has 1 fully saturated rings. The Labute approximate surface area is 133 Å². The highest BCUT2D eigenvalue weighted by Crippen LogP contribution is 2.23. The number of halogens is 1. The predicted molar refractivity (Wildman–Crippen MR) is 85.4 cm³/mol. The quantitative estimate of drug-likeness (QED) is 0.800. The summed E-state index contributed by atoms with van der Waals surface area (Å²) in [7, 11) is 0. The topological polar surface area (TPSA) is 75.4 Å². The van der Waals surface area contributed by atoms with Gasteiger partial charge in [0.2, 0.25) is 5.91 Å². The van der Waals surface area contributed by atoms with E-state index >= 15 is 0 Å². The third-order valence-corrected chi connectivity index (χ3v) is 4.48. The van der Waals surface area contributed by atoms with Gasteiger partial charge in [0.1, 0.15) is 6.04 Å². The van der Waals surface area contributed by atoms with E-state index in [0.29, 0.717) is 35.3 Å². The van der Waals surface area contributed by atoms with Crippen molar-refractivity contribution in [1.29, 1.82) is 0 Å². The largest absolute Gasteiger partial charge is 0.354 e. The zero-order chi connectivity index (χ0) is 15.2. The summed E-state index contributed by atoms with van der Waals surface area (Å²) in [6.45, 7) is 1.08. The molecule has 1 aromatic rings. The molecule has 1 atom stereocenters. The molecular formula is C14H18ClN3O2S. The van der Waals surface area contributed by atoms with Crippen molar-refractivity contribution >= 4 is 35.2 Å². The molecular weight excluding hydrogens is 310 g/mol. The molecule has 0 radical (unpaired) electrons. The highest BCUT2D eigenvalue weighted by molar-refractivity contribution is 7.99. The first-order chi connectivity index (χ1) is 10.1. The lowest BCUT2D eigenvalue weighted by Crippen LogP contribution is -2.47. The van der Waals surface area contributed by atoms with Crippen LogP contribution in [0.3, 0.4) is 0 Å². The van der Waals surface area contributed by atoms with Gasteiger partial charge in [-0.05, 0) is 37.2 Å². The summed E-state index contributed by atoms with van der Waals surface area (Å²) in [5, 5.41) is 3.41. The molecule has 1 aromatic carbocycles. The van der Waals surface area contributed by atoms with Gasteiger partial charge in [-0.2, -0.15) is 0 Å². The molecule has 1 aliphatic heterocycles. The van der Waals surface area contributed by atoms with Crippen LogP contribution < -0.4 is 11.1 Å². The Morgan fingerprint density at radius 1 is 1.38 bits per heavy atom. The number of carbonyl (C=O) groups excluding carboxylic acids is 2. The van der Waals surface area contributed by atoms with E-state index in [1.165, 1.54) is 0 Å². The van der Waals surface area contributed by atoms with Gasteiger partial charge in [0, 0.05) is 22.9 Å². The summed E-state index contributed by atoms with van der Waals surface area (Å²) in [6.07, 6.45) is 0.733. The number of rotatable bonds is 5. The summed E-state index contributed by atoms with van der Waals surface area (Å²) in [5.41, 5.74) is 5.94. The molecule has 0 aromatic heterocycles. The van der Waals surface area contributed by atoms with E-state index in [2.05, 4.69) is 5.32 Å². The zero-order valence-electron chi connectivity index (χ0n) is 11.5. The van der Waals surface area contributed by atoms with Crippen LogP contribution in [0.25, 0.3) is 0 Å². The first-order valence-corrected chi connectivity index (χ1v) is 8.29. The lowest BCUT2D eigenvalue weighted by molar-refractivity contribution is -0.124. The lowest BCUT2D eigenvalue weighted by Gasteiger charge is -2.23. The van der Waals surface area contributed by atoms with E-state index in [-0.39, 0.29) is 11.8 Å². The first-order valence-electron chi connectivity index (χ1n) is 6.75. The minimum atomic E-state index is -0.420. The summed E-state index contributed by atoms with van der Waals surface area (Å²) >= 11 is 7.40. The van der Waals surface area contributed by atoms with Gasteiger partial charge in [-0.1, -0.05) is 11.6 Å². The van der Waals surface area contributed by atoms with E-state index in [9.17, 15) is 9.59 Å². The van der Waals surface area contributed by atoms with Gasteiger partial charge in [-0.25, -0.2) is 0 Å². The van der Waals surface area contributed by atoms with Crippen LogP contribution in [-0.4, -0.2) is 47.5 Å². The van der Waals surface area contributed by atoms with Crippen LogP contribution in [-0.2, 0) is 4.79 Å². The Bertz CT molecular complexity index is 509. The van der Waals surface area contributed by atoms with Crippen molar-refractivity contribution in [2.45, 2.75) is 12.5 Å². The van der Waals surface area contributed by atoms with Gasteiger partial charge in [0.25, 0.3) is 5.91 Å². The van der Waals surface area contributed by atoms with Crippen molar-refractivity contribution in [2.75, 3.05) is 24.7 Å². The number of hydrogen-bond donors (Lipinski definition) is 2. The maximum atomic E-state index is 12.5. The van der Waals surface area contributed by atoms with Gasteiger partial charge < -0.3 is 16.0 Å². The molecule has 2 amide bonds. The van der Waals surface area contributed by atoms with E-state index in [0.717, 1.165) is 6.42 Å². The second kappa shape index (κ2) is 7.68. The van der Waals surface area contributed by atoms with Gasteiger partial charge >= 0.3 is 0 Å². The van der Waals surface area contributed by atoms with Crippen LogP contribution in [0.5, 0.6) is 0 Å². The Balaban J connectivity index is 2.02. The minimum Gasteiger partial charge on any atom is -0.354 e. The number of benzene rings is 1. The molecule has 0 saturated carbocycles. The standard InChI is InChI=1S/C14H18ClN3O2S/c15-11-4-2-10(3-5-11)14(20)18-9-21-8-12(18)13(19)17-7-1-6-16/h2-5,12H,1,6-9,16H2,(H,17,19). The summed E-state index contributed by atoms with van der Waals surface area (Å²) in [6, 6.07) is 6.28. The fourth-order valence-corrected chi connectivity index (χ4v) is 3.33. The van der Waals surface area contributed by atoms with Crippen molar-refractivity contribution < 1.29 is 9.59 Å². The molecule has 114 valence electrons. The number of carbonyl (C=O) groups is 2. The fraction of sp³-hybridized carbons (Fsp3) is 0.429. The highest BCUT2D eigenvalue weighted by atomic mass is 35.5. The monoisotopic (exact) mass is 327 g/mol. The molecule has 0 spiro atoms. The molecule has 1 unspecified atom stereocenters. The molecule has 1 aliphatic rings. The second-order valence-electron chi connectivity index (χ2n) is 4.73. The van der Waals surface area contributed by atoms with Crippen LogP contribution in [0, 0.1) is 0 Å². The van der Waals surface area contributed by atoms with Gasteiger partial charge in [0.05, 0.1) is 5.88 Å². The normalized spacial score (nSPS) is 17.8. The average molecular weight is 328 g/mol. The van der Waals surface area contributed by atoms with Gasteiger partial charge in [-0.15, -0.1) is 11.8 Å². The smallest absolute Gasteiger partial charge is 0.255 e. The first kappa shape index (κ1) is 16.1.